The molecule has 1 aromatic rings. The minimum atomic E-state index is 0.0351. The van der Waals surface area contributed by atoms with Crippen LogP contribution in [0.3, 0.4) is 0 Å². The van der Waals surface area contributed by atoms with Crippen LogP contribution in [-0.2, 0) is 9.59 Å². The standard InChI is InChI=1S/C20H29N3O2/c1-3-15(2)16-4-6-17(7-5-16)22-19(25)13-23-10-8-20(9-11-23)12-18(24)21-14-20/h4-7,15H,3,8-14H2,1-2H3,(H,21,24)(H,22,25)/t15-/m1/s1. The van der Waals surface area contributed by atoms with Crippen LogP contribution in [0, 0.1) is 5.41 Å². The minimum Gasteiger partial charge on any atom is -0.356 e. The van der Waals surface area contributed by atoms with Gasteiger partial charge in [0, 0.05) is 18.7 Å². The third-order valence-electron chi connectivity index (χ3n) is 5.86. The molecule has 136 valence electrons. The Balaban J connectivity index is 1.46. The van der Waals surface area contributed by atoms with Gasteiger partial charge in [-0.2, -0.15) is 0 Å². The van der Waals surface area contributed by atoms with Gasteiger partial charge in [0.1, 0.15) is 0 Å². The molecule has 2 aliphatic rings. The van der Waals surface area contributed by atoms with E-state index >= 15 is 0 Å². The summed E-state index contributed by atoms with van der Waals surface area (Å²) in [5, 5.41) is 5.94. The van der Waals surface area contributed by atoms with Gasteiger partial charge in [-0.05, 0) is 61.4 Å². The average Bonchev–Trinajstić information content (AvgIpc) is 2.97. The Bertz CT molecular complexity index is 618. The van der Waals surface area contributed by atoms with Crippen LogP contribution in [0.1, 0.15) is 51.0 Å². The summed E-state index contributed by atoms with van der Waals surface area (Å²) in [6.45, 7) is 7.38. The van der Waals surface area contributed by atoms with Gasteiger partial charge >= 0.3 is 0 Å². The average molecular weight is 343 g/mol. The number of carbonyl (C=O) groups is 2. The molecule has 2 aliphatic heterocycles. The zero-order valence-corrected chi connectivity index (χ0v) is 15.3. The summed E-state index contributed by atoms with van der Waals surface area (Å²) in [5.74, 6) is 0.752. The third kappa shape index (κ3) is 4.40. The number of piperidine rings is 1. The summed E-state index contributed by atoms with van der Waals surface area (Å²) in [5.41, 5.74) is 2.30. The monoisotopic (exact) mass is 343 g/mol. The van der Waals surface area contributed by atoms with Crippen LogP contribution in [0.15, 0.2) is 24.3 Å². The van der Waals surface area contributed by atoms with Gasteiger partial charge in [-0.1, -0.05) is 26.0 Å². The van der Waals surface area contributed by atoms with Crippen molar-refractivity contribution < 1.29 is 9.59 Å². The molecule has 2 fully saturated rings. The fourth-order valence-electron chi connectivity index (χ4n) is 3.83. The molecule has 3 rings (SSSR count). The van der Waals surface area contributed by atoms with E-state index in [9.17, 15) is 9.59 Å². The van der Waals surface area contributed by atoms with Crippen LogP contribution in [0.5, 0.6) is 0 Å². The molecule has 2 N–H and O–H groups in total. The molecule has 0 saturated carbocycles. The summed E-state index contributed by atoms with van der Waals surface area (Å²) in [6.07, 6.45) is 3.74. The van der Waals surface area contributed by atoms with Crippen molar-refractivity contribution >= 4 is 17.5 Å². The molecule has 5 heteroatoms. The Kier molecular flexibility index (Phi) is 5.42. The Hall–Kier alpha value is -1.88. The van der Waals surface area contributed by atoms with E-state index < -0.39 is 0 Å². The number of likely N-dealkylation sites (tertiary alicyclic amines) is 1. The van der Waals surface area contributed by atoms with Crippen LogP contribution in [0.25, 0.3) is 0 Å². The normalized spacial score (nSPS) is 21.1. The van der Waals surface area contributed by atoms with E-state index in [1.165, 1.54) is 5.56 Å². The smallest absolute Gasteiger partial charge is 0.238 e. The molecule has 1 atom stereocenters. The van der Waals surface area contributed by atoms with Crippen molar-refractivity contribution in [3.63, 3.8) is 0 Å². The maximum atomic E-state index is 12.3. The largest absolute Gasteiger partial charge is 0.356 e. The van der Waals surface area contributed by atoms with E-state index in [0.29, 0.717) is 18.9 Å². The van der Waals surface area contributed by atoms with E-state index in [0.717, 1.165) is 44.6 Å². The van der Waals surface area contributed by atoms with Gasteiger partial charge in [-0.15, -0.1) is 0 Å². The summed E-state index contributed by atoms with van der Waals surface area (Å²) >= 11 is 0. The number of hydrogen-bond acceptors (Lipinski definition) is 3. The fourth-order valence-corrected chi connectivity index (χ4v) is 3.83. The second kappa shape index (κ2) is 7.56. The van der Waals surface area contributed by atoms with Gasteiger partial charge in [0.25, 0.3) is 0 Å². The van der Waals surface area contributed by atoms with E-state index in [-0.39, 0.29) is 17.2 Å². The Morgan fingerprint density at radius 3 is 2.52 bits per heavy atom. The first-order chi connectivity index (χ1) is 12.0. The van der Waals surface area contributed by atoms with Gasteiger partial charge in [-0.3, -0.25) is 14.5 Å². The molecule has 5 nitrogen and oxygen atoms in total. The Morgan fingerprint density at radius 1 is 1.28 bits per heavy atom. The summed E-state index contributed by atoms with van der Waals surface area (Å²) in [7, 11) is 0. The number of hydrogen-bond donors (Lipinski definition) is 2. The van der Waals surface area contributed by atoms with Gasteiger partial charge in [-0.25, -0.2) is 0 Å². The molecule has 1 spiro atoms. The SMILES string of the molecule is CC[C@@H](C)c1ccc(NC(=O)CN2CCC3(CC2)CNC(=O)C3)cc1. The second-order valence-electron chi connectivity index (χ2n) is 7.71. The van der Waals surface area contributed by atoms with Gasteiger partial charge in [0.05, 0.1) is 6.54 Å². The summed E-state index contributed by atoms with van der Waals surface area (Å²) < 4.78 is 0. The van der Waals surface area contributed by atoms with Crippen molar-refractivity contribution in [3.05, 3.63) is 29.8 Å². The maximum Gasteiger partial charge on any atom is 0.238 e. The van der Waals surface area contributed by atoms with Crippen LogP contribution >= 0.6 is 0 Å². The molecular weight excluding hydrogens is 314 g/mol. The number of anilines is 1. The number of nitrogens with zero attached hydrogens (tertiary/aromatic N) is 1. The highest BCUT2D eigenvalue weighted by molar-refractivity contribution is 5.92. The van der Waals surface area contributed by atoms with Gasteiger partial charge in [0.2, 0.25) is 11.8 Å². The molecule has 0 aliphatic carbocycles. The predicted octanol–water partition coefficient (Wildman–Crippen LogP) is 2.74. The topological polar surface area (TPSA) is 61.4 Å². The second-order valence-corrected chi connectivity index (χ2v) is 7.71. The molecule has 0 unspecified atom stereocenters. The summed E-state index contributed by atoms with van der Waals surface area (Å²) in [6, 6.07) is 8.16. The molecular formula is C20H29N3O2. The van der Waals surface area contributed by atoms with E-state index in [1.807, 2.05) is 12.1 Å². The lowest BCUT2D eigenvalue weighted by Crippen LogP contribution is -2.44. The predicted molar refractivity (Wildman–Crippen MR) is 99.5 cm³/mol. The number of nitrogens with one attached hydrogen (secondary N) is 2. The molecule has 25 heavy (non-hydrogen) atoms. The van der Waals surface area contributed by atoms with Crippen molar-refractivity contribution in [2.75, 3.05) is 31.5 Å². The third-order valence-corrected chi connectivity index (χ3v) is 5.86. The van der Waals surface area contributed by atoms with Gasteiger partial charge < -0.3 is 10.6 Å². The van der Waals surface area contributed by atoms with E-state index in [1.54, 1.807) is 0 Å². The maximum absolute atomic E-state index is 12.3. The zero-order valence-electron chi connectivity index (χ0n) is 15.3. The highest BCUT2D eigenvalue weighted by Gasteiger charge is 2.40. The fraction of sp³-hybridized carbons (Fsp3) is 0.600. The molecule has 0 aromatic heterocycles. The van der Waals surface area contributed by atoms with Crippen LogP contribution < -0.4 is 10.6 Å². The van der Waals surface area contributed by atoms with Crippen molar-refractivity contribution in [2.24, 2.45) is 5.41 Å². The highest BCUT2D eigenvalue weighted by Crippen LogP contribution is 2.37. The van der Waals surface area contributed by atoms with Crippen molar-refractivity contribution in [1.29, 1.82) is 0 Å². The highest BCUT2D eigenvalue weighted by atomic mass is 16.2. The van der Waals surface area contributed by atoms with Crippen molar-refractivity contribution in [1.82, 2.24) is 10.2 Å². The first kappa shape index (κ1) is 17.9. The number of carbonyl (C=O) groups excluding carboxylic acids is 2. The molecule has 2 heterocycles. The number of amides is 2. The van der Waals surface area contributed by atoms with Crippen LogP contribution in [0.2, 0.25) is 0 Å². The van der Waals surface area contributed by atoms with E-state index in [4.69, 9.17) is 0 Å². The lowest BCUT2D eigenvalue weighted by molar-refractivity contribution is -0.120. The van der Waals surface area contributed by atoms with Crippen molar-refractivity contribution in [2.45, 2.75) is 45.4 Å². The Labute approximate surface area is 150 Å². The van der Waals surface area contributed by atoms with E-state index in [2.05, 4.69) is 41.5 Å². The first-order valence-corrected chi connectivity index (χ1v) is 9.38. The van der Waals surface area contributed by atoms with Crippen LogP contribution in [0.4, 0.5) is 5.69 Å². The molecule has 2 saturated heterocycles. The lowest BCUT2D eigenvalue weighted by atomic mass is 9.78. The summed E-state index contributed by atoms with van der Waals surface area (Å²) in [4.78, 5) is 26.0. The molecule has 2 amide bonds. The minimum absolute atomic E-state index is 0.0351. The van der Waals surface area contributed by atoms with Crippen molar-refractivity contribution in [3.8, 4) is 0 Å². The first-order valence-electron chi connectivity index (χ1n) is 9.38. The molecule has 1 aromatic carbocycles. The van der Waals surface area contributed by atoms with Crippen LogP contribution in [-0.4, -0.2) is 42.9 Å². The molecule has 0 bridgehead atoms. The number of rotatable bonds is 5. The zero-order chi connectivity index (χ0) is 17.9. The quantitative estimate of drug-likeness (QED) is 0.864. The lowest BCUT2D eigenvalue weighted by Gasteiger charge is -2.37. The Morgan fingerprint density at radius 2 is 1.96 bits per heavy atom. The van der Waals surface area contributed by atoms with Gasteiger partial charge in [0.15, 0.2) is 0 Å². The number of benzene rings is 1. The molecule has 0 radical (unpaired) electrons.